The fraction of sp³-hybridized carbons (Fsp3) is 0.200. The van der Waals surface area contributed by atoms with Gasteiger partial charge >= 0.3 is 0 Å². The van der Waals surface area contributed by atoms with Crippen molar-refractivity contribution in [1.29, 1.82) is 0 Å². The lowest BCUT2D eigenvalue weighted by Crippen LogP contribution is -2.16. The first kappa shape index (κ1) is 23.8. The highest BCUT2D eigenvalue weighted by Gasteiger charge is 2.15. The molecule has 176 valence electrons. The Bertz CT molecular complexity index is 1350. The molecule has 2 N–H and O–H groups in total. The Balaban J connectivity index is 1.55. The molecule has 0 unspecified atom stereocenters. The van der Waals surface area contributed by atoms with Crippen LogP contribution in [-0.2, 0) is 13.2 Å². The number of nitrogens with zero attached hydrogens (tertiary/aromatic N) is 2. The molecule has 0 bridgehead atoms. The molecule has 0 aliphatic heterocycles. The van der Waals surface area contributed by atoms with Crippen LogP contribution in [-0.4, -0.2) is 29.1 Å². The summed E-state index contributed by atoms with van der Waals surface area (Å²) in [5, 5.41) is 7.23. The third-order valence-corrected chi connectivity index (χ3v) is 6.44. The number of aromatic amines is 1. The Morgan fingerprint density at radius 2 is 1.71 bits per heavy atom. The molecule has 0 saturated carbocycles. The van der Waals surface area contributed by atoms with Gasteiger partial charge in [-0.15, -0.1) is 0 Å². The second-order valence-electron chi connectivity index (χ2n) is 7.53. The maximum Gasteiger partial charge on any atom is 0.214 e. The number of hydrogen-bond donors (Lipinski definition) is 2. The summed E-state index contributed by atoms with van der Waals surface area (Å²) in [6, 6.07) is 19.7. The topological polar surface area (TPSA) is 73.3 Å². The lowest BCUT2D eigenvalue weighted by Gasteiger charge is -2.16. The van der Waals surface area contributed by atoms with Crippen molar-refractivity contribution in [2.75, 3.05) is 19.6 Å². The number of H-pyrrole nitrogens is 1. The first-order chi connectivity index (χ1) is 16.5. The molecule has 0 aliphatic carbocycles. The van der Waals surface area contributed by atoms with Crippen LogP contribution in [0, 0.1) is 11.7 Å². The van der Waals surface area contributed by atoms with Gasteiger partial charge in [0.05, 0.1) is 26.3 Å². The third-order valence-electron chi connectivity index (χ3n) is 5.42. The minimum Gasteiger partial charge on any atom is -0.496 e. The molecule has 0 fully saturated rings. The molecule has 7 nitrogen and oxygen atoms in total. The Morgan fingerprint density at radius 1 is 0.971 bits per heavy atom. The smallest absolute Gasteiger partial charge is 0.214 e. The van der Waals surface area contributed by atoms with Gasteiger partial charge in [0.15, 0.2) is 17.3 Å². The van der Waals surface area contributed by atoms with Crippen molar-refractivity contribution in [3.63, 3.8) is 0 Å². The highest BCUT2D eigenvalue weighted by molar-refractivity contribution is 9.10. The Kier molecular flexibility index (Phi) is 7.54. The van der Waals surface area contributed by atoms with E-state index in [0.717, 1.165) is 21.2 Å². The minimum atomic E-state index is 0.446. The van der Waals surface area contributed by atoms with Crippen molar-refractivity contribution < 1.29 is 14.2 Å². The largest absolute Gasteiger partial charge is 0.496 e. The van der Waals surface area contributed by atoms with Gasteiger partial charge in [0.2, 0.25) is 4.77 Å². The number of para-hydroxylation sites is 1. The Morgan fingerprint density at radius 3 is 2.47 bits per heavy atom. The van der Waals surface area contributed by atoms with Gasteiger partial charge in [0.25, 0.3) is 0 Å². The van der Waals surface area contributed by atoms with Gasteiger partial charge in [-0.25, -0.2) is 9.77 Å². The van der Waals surface area contributed by atoms with E-state index in [4.69, 9.17) is 26.4 Å². The number of nitrogens with one attached hydrogen (secondary N) is 2. The summed E-state index contributed by atoms with van der Waals surface area (Å²) in [5.74, 6) is 2.65. The zero-order chi connectivity index (χ0) is 24.1. The predicted octanol–water partition coefficient (Wildman–Crippen LogP) is 6.02. The summed E-state index contributed by atoms with van der Waals surface area (Å²) in [6.45, 7) is 2.99. The number of benzene rings is 3. The van der Waals surface area contributed by atoms with Gasteiger partial charge in [-0.05, 0) is 60.1 Å². The summed E-state index contributed by atoms with van der Waals surface area (Å²) >= 11 is 9.11. The number of methoxy groups -OCH3 is 2. The molecular formula is C25H25BrN4O3S. The lowest BCUT2D eigenvalue weighted by molar-refractivity contribution is 0.283. The van der Waals surface area contributed by atoms with E-state index in [1.807, 2.05) is 48.5 Å². The fourth-order valence-corrected chi connectivity index (χ4v) is 4.19. The molecule has 0 amide bonds. The number of halogens is 1. The highest BCUT2D eigenvalue weighted by Crippen LogP contribution is 2.35. The van der Waals surface area contributed by atoms with Crippen LogP contribution in [0.15, 0.2) is 65.1 Å². The van der Waals surface area contributed by atoms with Gasteiger partial charge in [-0.2, -0.15) is 5.10 Å². The number of rotatable bonds is 9. The normalized spacial score (nSPS) is 10.7. The van der Waals surface area contributed by atoms with Crippen molar-refractivity contribution in [1.82, 2.24) is 14.9 Å². The molecule has 4 aromatic rings. The fourth-order valence-electron chi connectivity index (χ4n) is 3.53. The lowest BCUT2D eigenvalue weighted by atomic mass is 10.1. The monoisotopic (exact) mass is 540 g/mol. The van der Waals surface area contributed by atoms with Crippen LogP contribution < -0.4 is 19.6 Å². The molecule has 0 aliphatic rings. The Hall–Kier alpha value is -3.30. The van der Waals surface area contributed by atoms with E-state index in [1.54, 1.807) is 18.9 Å². The first-order valence-corrected chi connectivity index (χ1v) is 11.8. The van der Waals surface area contributed by atoms with Crippen LogP contribution in [0.2, 0.25) is 0 Å². The molecule has 0 saturated heterocycles. The third kappa shape index (κ3) is 5.10. The van der Waals surface area contributed by atoms with Gasteiger partial charge in [-0.1, -0.05) is 52.3 Å². The summed E-state index contributed by atoms with van der Waals surface area (Å²) < 4.78 is 20.2. The van der Waals surface area contributed by atoms with Crippen LogP contribution in [0.3, 0.4) is 0 Å². The van der Waals surface area contributed by atoms with Crippen LogP contribution in [0.4, 0.5) is 0 Å². The van der Waals surface area contributed by atoms with E-state index in [2.05, 4.69) is 50.6 Å². The molecule has 9 heteroatoms. The molecule has 0 radical (unpaired) electrons. The zero-order valence-electron chi connectivity index (χ0n) is 19.1. The second kappa shape index (κ2) is 10.8. The van der Waals surface area contributed by atoms with E-state index >= 15 is 0 Å². The Labute approximate surface area is 211 Å². The SMILES string of the molecule is COc1cc(CNn2c(-c3ccccc3OC)n[nH]c2=S)c(Br)cc1OCc1ccccc1C. The predicted molar refractivity (Wildman–Crippen MR) is 139 cm³/mol. The quantitative estimate of drug-likeness (QED) is 0.253. The van der Waals surface area contributed by atoms with Crippen LogP contribution >= 0.6 is 28.1 Å². The van der Waals surface area contributed by atoms with Crippen molar-refractivity contribution >= 4 is 28.1 Å². The first-order valence-electron chi connectivity index (χ1n) is 10.6. The van der Waals surface area contributed by atoms with Crippen molar-refractivity contribution in [2.45, 2.75) is 20.1 Å². The van der Waals surface area contributed by atoms with Gasteiger partial charge < -0.3 is 19.6 Å². The van der Waals surface area contributed by atoms with E-state index < -0.39 is 0 Å². The van der Waals surface area contributed by atoms with Crippen molar-refractivity contribution in [3.8, 4) is 28.6 Å². The molecule has 1 aromatic heterocycles. The average Bonchev–Trinajstić information content (AvgIpc) is 3.22. The van der Waals surface area contributed by atoms with Crippen LogP contribution in [0.25, 0.3) is 11.4 Å². The van der Waals surface area contributed by atoms with Crippen LogP contribution in [0.1, 0.15) is 16.7 Å². The van der Waals surface area contributed by atoms with Gasteiger partial charge in [-0.3, -0.25) is 0 Å². The van der Waals surface area contributed by atoms with E-state index in [-0.39, 0.29) is 0 Å². The number of hydrogen-bond acceptors (Lipinski definition) is 6. The number of ether oxygens (including phenoxy) is 3. The molecule has 0 atom stereocenters. The maximum absolute atomic E-state index is 6.08. The minimum absolute atomic E-state index is 0.446. The number of aromatic nitrogens is 3. The van der Waals surface area contributed by atoms with Gasteiger partial charge in [0.1, 0.15) is 12.4 Å². The van der Waals surface area contributed by atoms with Crippen molar-refractivity contribution in [3.05, 3.63) is 86.6 Å². The van der Waals surface area contributed by atoms with Crippen molar-refractivity contribution in [2.24, 2.45) is 0 Å². The van der Waals surface area contributed by atoms with Gasteiger partial charge in [0, 0.05) is 4.47 Å². The molecule has 4 rings (SSSR count). The van der Waals surface area contributed by atoms with E-state index in [1.165, 1.54) is 5.56 Å². The van der Waals surface area contributed by atoms with E-state index in [9.17, 15) is 0 Å². The summed E-state index contributed by atoms with van der Waals surface area (Å²) in [7, 11) is 3.26. The molecule has 34 heavy (non-hydrogen) atoms. The number of aryl methyl sites for hydroxylation is 1. The summed E-state index contributed by atoms with van der Waals surface area (Å²) in [4.78, 5) is 0. The molecular weight excluding hydrogens is 516 g/mol. The second-order valence-corrected chi connectivity index (χ2v) is 8.77. The van der Waals surface area contributed by atoms with E-state index in [0.29, 0.717) is 41.0 Å². The molecule has 0 spiro atoms. The summed E-state index contributed by atoms with van der Waals surface area (Å²) in [5.41, 5.74) is 7.44. The molecule has 1 heterocycles. The summed E-state index contributed by atoms with van der Waals surface area (Å²) in [6.07, 6.45) is 0. The zero-order valence-corrected chi connectivity index (χ0v) is 21.5. The standard InChI is InChI=1S/C25H25BrN4O3S/c1-16-8-4-5-9-17(16)15-33-23-13-20(26)18(12-22(23)32-3)14-27-30-24(28-29-25(30)34)19-10-6-7-11-21(19)31-2/h4-13,27H,14-15H2,1-3H3,(H,29,34). The highest BCUT2D eigenvalue weighted by atomic mass is 79.9. The molecule has 3 aromatic carbocycles. The average molecular weight is 541 g/mol. The van der Waals surface area contributed by atoms with Crippen LogP contribution in [0.5, 0.6) is 17.2 Å². The maximum atomic E-state index is 6.08.